The van der Waals surface area contributed by atoms with Crippen LogP contribution in [0.2, 0.25) is 0 Å². The number of imidazole rings is 1. The molecule has 3 aromatic heterocycles. The maximum Gasteiger partial charge on any atom is 0.121 e. The third-order valence-electron chi connectivity index (χ3n) is 7.45. The lowest BCUT2D eigenvalue weighted by Crippen LogP contribution is -2.31. The summed E-state index contributed by atoms with van der Waals surface area (Å²) in [5.41, 5.74) is 8.17. The van der Waals surface area contributed by atoms with E-state index in [1.54, 1.807) is 12.4 Å². The second kappa shape index (κ2) is 11.2. The summed E-state index contributed by atoms with van der Waals surface area (Å²) in [5, 5.41) is 3.55. The Hall–Kier alpha value is -3.94. The van der Waals surface area contributed by atoms with Crippen LogP contribution in [-0.4, -0.2) is 29.8 Å². The Balaban J connectivity index is 1.20. The van der Waals surface area contributed by atoms with E-state index in [1.165, 1.54) is 28.8 Å². The van der Waals surface area contributed by atoms with Crippen molar-refractivity contribution in [2.45, 2.75) is 57.9 Å². The van der Waals surface area contributed by atoms with E-state index in [0.29, 0.717) is 0 Å². The predicted octanol–water partition coefficient (Wildman–Crippen LogP) is 5.68. The molecule has 0 fully saturated rings. The zero-order valence-electron chi connectivity index (χ0n) is 21.7. The van der Waals surface area contributed by atoms with Gasteiger partial charge in [0.15, 0.2) is 0 Å². The van der Waals surface area contributed by atoms with Gasteiger partial charge in [-0.25, -0.2) is 4.98 Å². The Morgan fingerprint density at radius 2 is 1.82 bits per heavy atom. The number of pyridine rings is 1. The van der Waals surface area contributed by atoms with Crippen molar-refractivity contribution in [2.24, 2.45) is 0 Å². The summed E-state index contributed by atoms with van der Waals surface area (Å²) in [6.45, 7) is 4.47. The number of nitrogens with zero attached hydrogens (tertiary/aromatic N) is 5. The number of hydrogen-bond donors (Lipinski definition) is 2. The average molecular weight is 504 g/mol. The van der Waals surface area contributed by atoms with Gasteiger partial charge in [0.2, 0.25) is 0 Å². The van der Waals surface area contributed by atoms with Gasteiger partial charge >= 0.3 is 0 Å². The SMILES string of the molecule is CC(NCc1ccc(CN(Cc2nc3ccccc3[nH]2)C2CCCc3cccnc32)cc1)c1cnccn1. The smallest absolute Gasteiger partial charge is 0.121 e. The fourth-order valence-corrected chi connectivity index (χ4v) is 5.40. The van der Waals surface area contributed by atoms with Crippen LogP contribution < -0.4 is 5.32 Å². The third kappa shape index (κ3) is 5.49. The Morgan fingerprint density at radius 3 is 2.66 bits per heavy atom. The molecule has 38 heavy (non-hydrogen) atoms. The van der Waals surface area contributed by atoms with E-state index in [2.05, 4.69) is 80.6 Å². The second-order valence-electron chi connectivity index (χ2n) is 10.1. The van der Waals surface area contributed by atoms with Crippen molar-refractivity contribution in [2.75, 3.05) is 0 Å². The standard InChI is InChI=1S/C31H33N7/c1-22(28-19-32-16-17-33-28)35-18-23-11-13-24(14-12-23)20-38(21-30-36-26-8-2-3-9-27(26)37-30)29-10-4-6-25-7-5-15-34-31(25)29/h2-3,5,7-9,11-17,19,22,29,35H,4,6,10,18,20-21H2,1H3,(H,36,37). The molecule has 2 N–H and O–H groups in total. The van der Waals surface area contributed by atoms with E-state index in [0.717, 1.165) is 55.0 Å². The highest BCUT2D eigenvalue weighted by Gasteiger charge is 2.28. The maximum absolute atomic E-state index is 4.89. The topological polar surface area (TPSA) is 82.6 Å². The van der Waals surface area contributed by atoms with E-state index in [-0.39, 0.29) is 12.1 Å². The first-order chi connectivity index (χ1) is 18.7. The van der Waals surface area contributed by atoms with Gasteiger partial charge in [0.25, 0.3) is 0 Å². The molecule has 7 heteroatoms. The molecule has 3 heterocycles. The summed E-state index contributed by atoms with van der Waals surface area (Å²) < 4.78 is 0. The number of benzene rings is 2. The van der Waals surface area contributed by atoms with Gasteiger partial charge in [-0.2, -0.15) is 0 Å². The maximum atomic E-state index is 4.89. The highest BCUT2D eigenvalue weighted by Crippen LogP contribution is 2.34. The third-order valence-corrected chi connectivity index (χ3v) is 7.45. The minimum Gasteiger partial charge on any atom is -0.341 e. The fraction of sp³-hybridized carbons (Fsp3) is 0.290. The Bertz CT molecular complexity index is 1450. The molecule has 7 nitrogen and oxygen atoms in total. The molecule has 0 saturated carbocycles. The van der Waals surface area contributed by atoms with Crippen molar-refractivity contribution in [3.8, 4) is 0 Å². The Kier molecular flexibility index (Phi) is 7.20. The highest BCUT2D eigenvalue weighted by atomic mass is 15.2. The highest BCUT2D eigenvalue weighted by molar-refractivity contribution is 5.74. The van der Waals surface area contributed by atoms with Gasteiger partial charge in [-0.1, -0.05) is 42.5 Å². The molecular formula is C31H33N7. The number of aromatic nitrogens is 5. The molecule has 0 saturated heterocycles. The van der Waals surface area contributed by atoms with Crippen LogP contribution in [0.1, 0.15) is 65.8 Å². The van der Waals surface area contributed by atoms with Crippen molar-refractivity contribution < 1.29 is 0 Å². The van der Waals surface area contributed by atoms with Gasteiger partial charge in [0.1, 0.15) is 5.82 Å². The van der Waals surface area contributed by atoms with Crippen molar-refractivity contribution in [1.29, 1.82) is 0 Å². The molecule has 192 valence electrons. The van der Waals surface area contributed by atoms with Crippen molar-refractivity contribution in [1.82, 2.24) is 35.1 Å². The second-order valence-corrected chi connectivity index (χ2v) is 10.1. The quantitative estimate of drug-likeness (QED) is 0.269. The van der Waals surface area contributed by atoms with Gasteiger partial charge in [0.05, 0.1) is 35.0 Å². The summed E-state index contributed by atoms with van der Waals surface area (Å²) >= 11 is 0. The fourth-order valence-electron chi connectivity index (χ4n) is 5.40. The summed E-state index contributed by atoms with van der Waals surface area (Å²) in [6.07, 6.45) is 10.6. The van der Waals surface area contributed by atoms with Gasteiger partial charge in [-0.3, -0.25) is 19.9 Å². The lowest BCUT2D eigenvalue weighted by atomic mass is 9.90. The van der Waals surface area contributed by atoms with Crippen molar-refractivity contribution in [3.63, 3.8) is 0 Å². The predicted molar refractivity (Wildman–Crippen MR) is 149 cm³/mol. The van der Waals surface area contributed by atoms with E-state index < -0.39 is 0 Å². The number of nitrogens with one attached hydrogen (secondary N) is 2. The lowest BCUT2D eigenvalue weighted by Gasteiger charge is -2.34. The molecule has 5 aromatic rings. The molecule has 2 atom stereocenters. The van der Waals surface area contributed by atoms with Crippen LogP contribution in [-0.2, 0) is 26.1 Å². The minimum absolute atomic E-state index is 0.140. The first kappa shape index (κ1) is 24.4. The summed E-state index contributed by atoms with van der Waals surface area (Å²) in [6, 6.07) is 21.9. The molecule has 1 aliphatic carbocycles. The summed E-state index contributed by atoms with van der Waals surface area (Å²) in [4.78, 5) is 24.4. The number of aromatic amines is 1. The number of hydrogen-bond acceptors (Lipinski definition) is 6. The summed E-state index contributed by atoms with van der Waals surface area (Å²) in [7, 11) is 0. The van der Waals surface area contributed by atoms with Gasteiger partial charge in [-0.05, 0) is 61.1 Å². The lowest BCUT2D eigenvalue weighted by molar-refractivity contribution is 0.153. The van der Waals surface area contributed by atoms with Crippen LogP contribution in [0.5, 0.6) is 0 Å². The van der Waals surface area contributed by atoms with E-state index in [9.17, 15) is 0 Å². The first-order valence-electron chi connectivity index (χ1n) is 13.4. The largest absolute Gasteiger partial charge is 0.341 e. The Labute approximate surface area is 223 Å². The molecule has 0 aliphatic heterocycles. The number of aryl methyl sites for hydroxylation is 1. The summed E-state index contributed by atoms with van der Waals surface area (Å²) in [5.74, 6) is 0.994. The van der Waals surface area contributed by atoms with E-state index >= 15 is 0 Å². The van der Waals surface area contributed by atoms with Gasteiger partial charge in [0, 0.05) is 43.9 Å². The molecule has 0 amide bonds. The van der Waals surface area contributed by atoms with Crippen molar-refractivity contribution in [3.05, 3.63) is 119 Å². The number of H-pyrrole nitrogens is 1. The van der Waals surface area contributed by atoms with Crippen LogP contribution in [0.4, 0.5) is 0 Å². The van der Waals surface area contributed by atoms with Crippen LogP contribution in [0, 0.1) is 0 Å². The monoisotopic (exact) mass is 503 g/mol. The zero-order valence-corrected chi connectivity index (χ0v) is 21.7. The molecule has 0 spiro atoms. The zero-order chi connectivity index (χ0) is 25.7. The van der Waals surface area contributed by atoms with E-state index in [4.69, 9.17) is 9.97 Å². The van der Waals surface area contributed by atoms with Crippen molar-refractivity contribution >= 4 is 11.0 Å². The van der Waals surface area contributed by atoms with E-state index in [1.807, 2.05) is 24.5 Å². The number of para-hydroxylation sites is 2. The van der Waals surface area contributed by atoms with Gasteiger partial charge in [-0.15, -0.1) is 0 Å². The molecule has 0 radical (unpaired) electrons. The molecule has 6 rings (SSSR count). The minimum atomic E-state index is 0.140. The van der Waals surface area contributed by atoms with Crippen LogP contribution >= 0.6 is 0 Å². The normalized spacial score (nSPS) is 16.0. The molecular weight excluding hydrogens is 470 g/mol. The van der Waals surface area contributed by atoms with Gasteiger partial charge < -0.3 is 10.3 Å². The molecule has 2 aromatic carbocycles. The molecule has 2 unspecified atom stereocenters. The molecule has 1 aliphatic rings. The first-order valence-corrected chi connectivity index (χ1v) is 13.4. The number of fused-ring (bicyclic) bond motifs is 2. The van der Waals surface area contributed by atoms with Crippen LogP contribution in [0.25, 0.3) is 11.0 Å². The average Bonchev–Trinajstić information content (AvgIpc) is 3.39. The number of rotatable bonds is 9. The Morgan fingerprint density at radius 1 is 0.947 bits per heavy atom. The van der Waals surface area contributed by atoms with Crippen LogP contribution in [0.15, 0.2) is 85.5 Å². The molecule has 0 bridgehead atoms. The van der Waals surface area contributed by atoms with Crippen LogP contribution in [0.3, 0.4) is 0 Å².